The summed E-state index contributed by atoms with van der Waals surface area (Å²) in [5.74, 6) is -0.674. The number of piperidine rings is 1. The van der Waals surface area contributed by atoms with E-state index in [0.29, 0.717) is 6.54 Å². The lowest BCUT2D eigenvalue weighted by atomic mass is 9.74. The smallest absolute Gasteiger partial charge is 0.309 e. The van der Waals surface area contributed by atoms with Crippen molar-refractivity contribution in [3.05, 3.63) is 0 Å². The highest BCUT2D eigenvalue weighted by atomic mass is 16.4. The zero-order chi connectivity index (χ0) is 14.9. The molecule has 1 heterocycles. The van der Waals surface area contributed by atoms with Crippen LogP contribution in [0, 0.1) is 17.3 Å². The maximum atomic E-state index is 12.6. The Morgan fingerprint density at radius 1 is 1.20 bits per heavy atom. The van der Waals surface area contributed by atoms with Gasteiger partial charge in [-0.3, -0.25) is 9.59 Å². The molecule has 3 unspecified atom stereocenters. The summed E-state index contributed by atoms with van der Waals surface area (Å²) in [6.07, 6.45) is 4.59. The average molecular weight is 282 g/mol. The van der Waals surface area contributed by atoms with Crippen LogP contribution < -0.4 is 5.73 Å². The van der Waals surface area contributed by atoms with E-state index in [4.69, 9.17) is 5.73 Å². The van der Waals surface area contributed by atoms with Gasteiger partial charge < -0.3 is 15.7 Å². The number of amides is 1. The lowest BCUT2D eigenvalue weighted by Crippen LogP contribution is -2.50. The zero-order valence-corrected chi connectivity index (χ0v) is 12.5. The molecule has 3 atom stereocenters. The van der Waals surface area contributed by atoms with Gasteiger partial charge in [0, 0.05) is 19.1 Å². The fourth-order valence-electron chi connectivity index (χ4n) is 3.47. The molecule has 5 nitrogen and oxygen atoms in total. The van der Waals surface area contributed by atoms with E-state index in [9.17, 15) is 14.7 Å². The van der Waals surface area contributed by atoms with E-state index in [1.807, 2.05) is 4.90 Å². The maximum absolute atomic E-state index is 12.6. The van der Waals surface area contributed by atoms with E-state index in [2.05, 4.69) is 0 Å². The molecule has 20 heavy (non-hydrogen) atoms. The van der Waals surface area contributed by atoms with Crippen LogP contribution in [0.1, 0.15) is 46.0 Å². The topological polar surface area (TPSA) is 83.6 Å². The Morgan fingerprint density at radius 3 is 2.45 bits per heavy atom. The molecule has 2 rings (SSSR count). The van der Waals surface area contributed by atoms with Crippen molar-refractivity contribution in [3.63, 3.8) is 0 Å². The summed E-state index contributed by atoms with van der Waals surface area (Å²) in [5, 5.41) is 9.35. The average Bonchev–Trinajstić information content (AvgIpc) is 2.84. The molecule has 0 spiro atoms. The Bertz CT molecular complexity index is 395. The normalized spacial score (nSPS) is 31.4. The maximum Gasteiger partial charge on any atom is 0.309 e. The number of rotatable bonds is 3. The van der Waals surface area contributed by atoms with E-state index in [0.717, 1.165) is 38.6 Å². The Hall–Kier alpha value is -1.10. The van der Waals surface area contributed by atoms with E-state index < -0.39 is 11.4 Å². The largest absolute Gasteiger partial charge is 0.481 e. The van der Waals surface area contributed by atoms with Crippen molar-refractivity contribution in [1.82, 2.24) is 4.90 Å². The molecule has 0 aromatic rings. The summed E-state index contributed by atoms with van der Waals surface area (Å²) in [6.45, 7) is 4.82. The minimum atomic E-state index is -0.783. The molecule has 114 valence electrons. The molecule has 1 amide bonds. The van der Waals surface area contributed by atoms with Gasteiger partial charge in [0.05, 0.1) is 11.3 Å². The highest BCUT2D eigenvalue weighted by Crippen LogP contribution is 2.35. The number of nitrogens with two attached hydrogens (primary N) is 1. The summed E-state index contributed by atoms with van der Waals surface area (Å²) >= 11 is 0. The van der Waals surface area contributed by atoms with Crippen molar-refractivity contribution in [2.24, 2.45) is 23.0 Å². The summed E-state index contributed by atoms with van der Waals surface area (Å²) in [5.41, 5.74) is 5.23. The van der Waals surface area contributed by atoms with Crippen LogP contribution in [-0.4, -0.2) is 41.0 Å². The summed E-state index contributed by atoms with van der Waals surface area (Å²) in [6, 6.07) is -0.0182. The van der Waals surface area contributed by atoms with Gasteiger partial charge in [-0.15, -0.1) is 0 Å². The van der Waals surface area contributed by atoms with Gasteiger partial charge in [-0.05, 0) is 45.4 Å². The van der Waals surface area contributed by atoms with Crippen molar-refractivity contribution in [2.45, 2.75) is 52.0 Å². The second-order valence-corrected chi connectivity index (χ2v) is 6.85. The third-order valence-corrected chi connectivity index (χ3v) is 5.19. The molecule has 1 aliphatic heterocycles. The number of carbonyl (C=O) groups is 2. The van der Waals surface area contributed by atoms with Gasteiger partial charge in [-0.25, -0.2) is 0 Å². The number of nitrogens with zero attached hydrogens (tertiary/aromatic N) is 1. The SMILES string of the molecule is CC(C)(C(=O)O)C1CCCN(C(=O)C2CCCC2N)C1. The quantitative estimate of drug-likeness (QED) is 0.821. The number of carboxylic acids is 1. The van der Waals surface area contributed by atoms with Crippen LogP contribution in [-0.2, 0) is 9.59 Å². The minimum Gasteiger partial charge on any atom is -0.481 e. The molecular formula is C15H26N2O3. The molecule has 5 heteroatoms. The van der Waals surface area contributed by atoms with Crippen molar-refractivity contribution in [1.29, 1.82) is 0 Å². The molecule has 0 aromatic carbocycles. The van der Waals surface area contributed by atoms with Gasteiger partial charge in [-0.2, -0.15) is 0 Å². The van der Waals surface area contributed by atoms with E-state index >= 15 is 0 Å². The third-order valence-electron chi connectivity index (χ3n) is 5.19. The molecule has 3 N–H and O–H groups in total. The fourth-order valence-corrected chi connectivity index (χ4v) is 3.47. The van der Waals surface area contributed by atoms with Crippen LogP contribution in [0.2, 0.25) is 0 Å². The van der Waals surface area contributed by atoms with Gasteiger partial charge in [0.25, 0.3) is 0 Å². The first-order valence-corrected chi connectivity index (χ1v) is 7.61. The summed E-state index contributed by atoms with van der Waals surface area (Å²) in [7, 11) is 0. The van der Waals surface area contributed by atoms with Crippen LogP contribution in [0.25, 0.3) is 0 Å². The number of likely N-dealkylation sites (tertiary alicyclic amines) is 1. The first kappa shape index (κ1) is 15.3. The molecule has 1 saturated heterocycles. The number of carbonyl (C=O) groups excluding carboxylic acids is 1. The van der Waals surface area contributed by atoms with Crippen molar-refractivity contribution < 1.29 is 14.7 Å². The van der Waals surface area contributed by atoms with Crippen LogP contribution >= 0.6 is 0 Å². The first-order valence-electron chi connectivity index (χ1n) is 7.61. The van der Waals surface area contributed by atoms with Gasteiger partial charge >= 0.3 is 5.97 Å². The van der Waals surface area contributed by atoms with Crippen LogP contribution in [0.15, 0.2) is 0 Å². The molecule has 0 bridgehead atoms. The van der Waals surface area contributed by atoms with E-state index in [-0.39, 0.29) is 23.8 Å². The molecule has 2 fully saturated rings. The fraction of sp³-hybridized carbons (Fsp3) is 0.867. The van der Waals surface area contributed by atoms with Gasteiger partial charge in [0.1, 0.15) is 0 Å². The monoisotopic (exact) mass is 282 g/mol. The molecule has 0 radical (unpaired) electrons. The first-order chi connectivity index (χ1) is 9.34. The van der Waals surface area contributed by atoms with Crippen LogP contribution in [0.3, 0.4) is 0 Å². The summed E-state index contributed by atoms with van der Waals surface area (Å²) < 4.78 is 0. The Morgan fingerprint density at radius 2 is 1.90 bits per heavy atom. The lowest BCUT2D eigenvalue weighted by Gasteiger charge is -2.40. The van der Waals surface area contributed by atoms with Crippen molar-refractivity contribution in [3.8, 4) is 0 Å². The van der Waals surface area contributed by atoms with Gasteiger partial charge in [0.2, 0.25) is 5.91 Å². The lowest BCUT2D eigenvalue weighted by molar-refractivity contribution is -0.153. The van der Waals surface area contributed by atoms with Gasteiger partial charge in [0.15, 0.2) is 0 Å². The number of aliphatic carboxylic acids is 1. The highest BCUT2D eigenvalue weighted by molar-refractivity contribution is 5.80. The van der Waals surface area contributed by atoms with Crippen molar-refractivity contribution in [2.75, 3.05) is 13.1 Å². The second-order valence-electron chi connectivity index (χ2n) is 6.85. The predicted octanol–water partition coefficient (Wildman–Crippen LogP) is 1.46. The Labute approximate surface area is 120 Å². The van der Waals surface area contributed by atoms with Crippen LogP contribution in [0.4, 0.5) is 0 Å². The molecular weight excluding hydrogens is 256 g/mol. The predicted molar refractivity (Wildman–Crippen MR) is 76.0 cm³/mol. The third kappa shape index (κ3) is 2.82. The number of carboxylic acid groups (broad SMARTS) is 1. The second kappa shape index (κ2) is 5.72. The molecule has 1 aliphatic carbocycles. The van der Waals surface area contributed by atoms with Crippen molar-refractivity contribution >= 4 is 11.9 Å². The Kier molecular flexibility index (Phi) is 4.37. The standard InChI is InChI=1S/C15H26N2O3/c1-15(2,14(19)20)10-5-4-8-17(9-10)13(18)11-6-3-7-12(11)16/h10-12H,3-9,16H2,1-2H3,(H,19,20). The molecule has 0 aromatic heterocycles. The molecule has 2 aliphatic rings. The van der Waals surface area contributed by atoms with E-state index in [1.54, 1.807) is 13.8 Å². The van der Waals surface area contributed by atoms with Gasteiger partial charge in [-0.1, -0.05) is 6.42 Å². The van der Waals surface area contributed by atoms with Crippen LogP contribution in [0.5, 0.6) is 0 Å². The highest BCUT2D eigenvalue weighted by Gasteiger charge is 2.42. The minimum absolute atomic E-state index is 0.0182. The number of hydrogen-bond donors (Lipinski definition) is 2. The summed E-state index contributed by atoms with van der Waals surface area (Å²) in [4.78, 5) is 25.8. The molecule has 1 saturated carbocycles. The Balaban J connectivity index is 2.03. The zero-order valence-electron chi connectivity index (χ0n) is 12.5. The van der Waals surface area contributed by atoms with E-state index in [1.165, 1.54) is 0 Å². The number of hydrogen-bond acceptors (Lipinski definition) is 3.